The van der Waals surface area contributed by atoms with Crippen LogP contribution in [0.5, 0.6) is 5.75 Å². The Hall–Kier alpha value is -2.89. The van der Waals surface area contributed by atoms with Crippen LogP contribution in [0, 0.1) is 5.82 Å². The molecule has 0 aromatic heterocycles. The molecule has 2 amide bonds. The van der Waals surface area contributed by atoms with Gasteiger partial charge in [0.05, 0.1) is 0 Å². The second-order valence-corrected chi connectivity index (χ2v) is 6.76. The molecule has 1 N–H and O–H groups in total. The van der Waals surface area contributed by atoms with E-state index < -0.39 is 11.9 Å². The fourth-order valence-electron chi connectivity index (χ4n) is 3.05. The zero-order valence-corrected chi connectivity index (χ0v) is 17.1. The van der Waals surface area contributed by atoms with Gasteiger partial charge < -0.3 is 15.0 Å². The van der Waals surface area contributed by atoms with Gasteiger partial charge >= 0.3 is 0 Å². The lowest BCUT2D eigenvalue weighted by Crippen LogP contribution is -2.51. The van der Waals surface area contributed by atoms with E-state index in [4.69, 9.17) is 4.74 Å². The van der Waals surface area contributed by atoms with Crippen molar-refractivity contribution in [2.45, 2.75) is 39.2 Å². The summed E-state index contributed by atoms with van der Waals surface area (Å²) in [5.74, 6) is -1.03. The highest BCUT2D eigenvalue weighted by Crippen LogP contribution is 2.16. The topological polar surface area (TPSA) is 58.6 Å². The number of amides is 2. The van der Waals surface area contributed by atoms with Crippen LogP contribution in [-0.2, 0) is 16.0 Å². The van der Waals surface area contributed by atoms with Crippen LogP contribution in [0.25, 0.3) is 0 Å². The highest BCUT2D eigenvalue weighted by atomic mass is 19.1. The molecular weight excluding hydrogens is 371 g/mol. The third-order valence-electron chi connectivity index (χ3n) is 4.61. The number of halogens is 1. The third-order valence-corrected chi connectivity index (χ3v) is 4.61. The van der Waals surface area contributed by atoms with E-state index in [-0.39, 0.29) is 24.2 Å². The van der Waals surface area contributed by atoms with Crippen molar-refractivity contribution in [3.05, 3.63) is 66.0 Å². The summed E-state index contributed by atoms with van der Waals surface area (Å²) in [4.78, 5) is 27.1. The van der Waals surface area contributed by atoms with E-state index in [9.17, 15) is 14.0 Å². The maximum Gasteiger partial charge on any atom is 0.261 e. The van der Waals surface area contributed by atoms with Crippen molar-refractivity contribution < 1.29 is 18.7 Å². The summed E-state index contributed by atoms with van der Waals surface area (Å²) in [7, 11) is 0. The predicted molar refractivity (Wildman–Crippen MR) is 111 cm³/mol. The largest absolute Gasteiger partial charge is 0.481 e. The fourth-order valence-corrected chi connectivity index (χ4v) is 3.05. The zero-order valence-electron chi connectivity index (χ0n) is 17.1. The van der Waals surface area contributed by atoms with Gasteiger partial charge in [-0.05, 0) is 37.0 Å². The maximum absolute atomic E-state index is 13.8. The minimum atomic E-state index is -0.595. The monoisotopic (exact) mass is 400 g/mol. The maximum atomic E-state index is 13.8. The Morgan fingerprint density at radius 1 is 1.07 bits per heavy atom. The molecule has 0 bridgehead atoms. The van der Waals surface area contributed by atoms with Gasteiger partial charge in [-0.3, -0.25) is 9.59 Å². The van der Waals surface area contributed by atoms with E-state index in [1.54, 1.807) is 17.0 Å². The fraction of sp³-hybridized carbons (Fsp3) is 0.391. The van der Waals surface area contributed by atoms with Crippen LogP contribution < -0.4 is 10.1 Å². The van der Waals surface area contributed by atoms with Crippen molar-refractivity contribution in [1.29, 1.82) is 0 Å². The van der Waals surface area contributed by atoms with E-state index >= 15 is 0 Å². The first kappa shape index (κ1) is 22.4. The molecule has 29 heavy (non-hydrogen) atoms. The van der Waals surface area contributed by atoms with Gasteiger partial charge in [-0.25, -0.2) is 4.39 Å². The van der Waals surface area contributed by atoms with Crippen molar-refractivity contribution >= 4 is 11.8 Å². The molecule has 5 nitrogen and oxygen atoms in total. The normalized spacial score (nSPS) is 11.6. The molecule has 2 aromatic rings. The first-order valence-corrected chi connectivity index (χ1v) is 10.0. The molecule has 2 aromatic carbocycles. The van der Waals surface area contributed by atoms with Gasteiger partial charge in [0.25, 0.3) is 5.91 Å². The Balaban J connectivity index is 2.11. The van der Waals surface area contributed by atoms with Gasteiger partial charge in [0.2, 0.25) is 5.91 Å². The third kappa shape index (κ3) is 6.89. The number of ether oxygens (including phenoxy) is 1. The highest BCUT2D eigenvalue weighted by Gasteiger charge is 2.28. The number of hydrogen-bond donors (Lipinski definition) is 1. The second kappa shape index (κ2) is 11.8. The smallest absolute Gasteiger partial charge is 0.261 e. The molecule has 0 aliphatic carbocycles. The Kier molecular flexibility index (Phi) is 9.15. The molecular formula is C23H29FN2O3. The van der Waals surface area contributed by atoms with E-state index in [1.165, 1.54) is 12.1 Å². The lowest BCUT2D eigenvalue weighted by atomic mass is 10.1. The minimum Gasteiger partial charge on any atom is -0.481 e. The van der Waals surface area contributed by atoms with E-state index in [2.05, 4.69) is 5.32 Å². The molecule has 0 spiro atoms. The predicted octanol–water partition coefficient (Wildman–Crippen LogP) is 3.58. The van der Waals surface area contributed by atoms with Gasteiger partial charge in [0.1, 0.15) is 6.04 Å². The van der Waals surface area contributed by atoms with Gasteiger partial charge in [-0.2, -0.15) is 0 Å². The Bertz CT molecular complexity index is 783. The summed E-state index contributed by atoms with van der Waals surface area (Å²) >= 11 is 0. The molecule has 0 saturated carbocycles. The Labute approximate surface area is 171 Å². The van der Waals surface area contributed by atoms with Crippen LogP contribution in [0.15, 0.2) is 54.6 Å². The van der Waals surface area contributed by atoms with Crippen molar-refractivity contribution in [2.75, 3.05) is 19.7 Å². The van der Waals surface area contributed by atoms with E-state index in [1.807, 2.05) is 44.2 Å². The summed E-state index contributed by atoms with van der Waals surface area (Å²) < 4.78 is 19.2. The molecule has 0 aliphatic heterocycles. The van der Waals surface area contributed by atoms with Crippen LogP contribution in [-0.4, -0.2) is 42.5 Å². The lowest BCUT2D eigenvalue weighted by Gasteiger charge is -2.30. The average molecular weight is 400 g/mol. The number of benzene rings is 2. The molecule has 0 fully saturated rings. The SMILES string of the molecule is CCCNC(=O)C(CC)N(CCc1ccccc1)C(=O)COc1ccccc1F. The molecule has 0 aliphatic rings. The molecule has 6 heteroatoms. The number of rotatable bonds is 11. The second-order valence-electron chi connectivity index (χ2n) is 6.76. The number of para-hydroxylation sites is 1. The Morgan fingerprint density at radius 2 is 1.76 bits per heavy atom. The van der Waals surface area contributed by atoms with Crippen molar-refractivity contribution in [3.63, 3.8) is 0 Å². The van der Waals surface area contributed by atoms with Crippen LogP contribution in [0.1, 0.15) is 32.3 Å². The number of nitrogens with one attached hydrogen (secondary N) is 1. The molecule has 0 saturated heterocycles. The summed E-state index contributed by atoms with van der Waals surface area (Å²) in [6.07, 6.45) is 1.91. The zero-order chi connectivity index (χ0) is 21.1. The molecule has 2 rings (SSSR count). The van der Waals surface area contributed by atoms with Crippen molar-refractivity contribution in [2.24, 2.45) is 0 Å². The standard InChI is InChI=1S/C23H29FN2O3/c1-3-15-25-23(28)20(4-2)26(16-14-18-10-6-5-7-11-18)22(27)17-29-21-13-9-8-12-19(21)24/h5-13,20H,3-4,14-17H2,1-2H3,(H,25,28). The van der Waals surface area contributed by atoms with E-state index in [0.29, 0.717) is 25.9 Å². The van der Waals surface area contributed by atoms with Crippen LogP contribution in [0.3, 0.4) is 0 Å². The number of carbonyl (C=O) groups is 2. The lowest BCUT2D eigenvalue weighted by molar-refractivity contribution is -0.142. The summed E-state index contributed by atoms with van der Waals surface area (Å²) in [5, 5.41) is 2.87. The number of nitrogens with zero attached hydrogens (tertiary/aromatic N) is 1. The van der Waals surface area contributed by atoms with Crippen LogP contribution >= 0.6 is 0 Å². The average Bonchev–Trinajstić information content (AvgIpc) is 2.74. The summed E-state index contributed by atoms with van der Waals surface area (Å²) in [6.45, 7) is 4.45. The van der Waals surface area contributed by atoms with Gasteiger partial charge in [0.15, 0.2) is 18.2 Å². The number of carbonyl (C=O) groups excluding carboxylic acids is 2. The van der Waals surface area contributed by atoms with Gasteiger partial charge in [-0.15, -0.1) is 0 Å². The minimum absolute atomic E-state index is 0.0207. The Morgan fingerprint density at radius 3 is 2.41 bits per heavy atom. The molecule has 0 radical (unpaired) electrons. The van der Waals surface area contributed by atoms with Crippen molar-refractivity contribution in [3.8, 4) is 5.75 Å². The van der Waals surface area contributed by atoms with Gasteiger partial charge in [0, 0.05) is 13.1 Å². The van der Waals surface area contributed by atoms with Crippen LogP contribution in [0.2, 0.25) is 0 Å². The first-order chi connectivity index (χ1) is 14.1. The van der Waals surface area contributed by atoms with E-state index in [0.717, 1.165) is 12.0 Å². The molecule has 1 unspecified atom stereocenters. The quantitative estimate of drug-likeness (QED) is 0.627. The summed E-state index contributed by atoms with van der Waals surface area (Å²) in [6, 6.07) is 15.1. The molecule has 1 atom stereocenters. The van der Waals surface area contributed by atoms with Gasteiger partial charge in [-0.1, -0.05) is 56.3 Å². The number of hydrogen-bond acceptors (Lipinski definition) is 3. The highest BCUT2D eigenvalue weighted by molar-refractivity contribution is 5.88. The molecule has 156 valence electrons. The van der Waals surface area contributed by atoms with Crippen molar-refractivity contribution in [1.82, 2.24) is 10.2 Å². The molecule has 0 heterocycles. The van der Waals surface area contributed by atoms with Crippen LogP contribution in [0.4, 0.5) is 4.39 Å². The summed E-state index contributed by atoms with van der Waals surface area (Å²) in [5.41, 5.74) is 1.07. The first-order valence-electron chi connectivity index (χ1n) is 10.0.